The van der Waals surface area contributed by atoms with E-state index in [-0.39, 0.29) is 11.5 Å². The molecule has 0 saturated heterocycles. The number of ether oxygens (including phenoxy) is 1. The van der Waals surface area contributed by atoms with Crippen molar-refractivity contribution in [3.05, 3.63) is 47.0 Å². The zero-order chi connectivity index (χ0) is 23.5. The molecule has 1 N–H and O–H groups in total. The fourth-order valence-electron chi connectivity index (χ4n) is 4.43. The number of aryl methyl sites for hydroxylation is 1. The number of rotatable bonds is 9. The lowest BCUT2D eigenvalue weighted by molar-refractivity contribution is 0.0728. The van der Waals surface area contributed by atoms with Crippen molar-refractivity contribution in [2.45, 2.75) is 52.5 Å². The maximum atomic E-state index is 12.7. The predicted molar refractivity (Wildman–Crippen MR) is 127 cm³/mol. The molecule has 0 aliphatic heterocycles. The second-order valence-electron chi connectivity index (χ2n) is 9.18. The van der Waals surface area contributed by atoms with E-state index in [2.05, 4.69) is 18.8 Å². The van der Waals surface area contributed by atoms with E-state index in [1.54, 1.807) is 28.9 Å². The molecule has 7 heteroatoms. The summed E-state index contributed by atoms with van der Waals surface area (Å²) < 4.78 is 7.68. The zero-order valence-corrected chi connectivity index (χ0v) is 19.6. The van der Waals surface area contributed by atoms with Crippen LogP contribution in [0.4, 0.5) is 4.79 Å². The van der Waals surface area contributed by atoms with Crippen LogP contribution in [-0.2, 0) is 7.05 Å². The third-order valence-corrected chi connectivity index (χ3v) is 6.06. The second-order valence-corrected chi connectivity index (χ2v) is 9.18. The summed E-state index contributed by atoms with van der Waals surface area (Å²) in [6.07, 6.45) is 4.90. The van der Waals surface area contributed by atoms with E-state index < -0.39 is 11.6 Å². The van der Waals surface area contributed by atoms with Gasteiger partial charge in [-0.1, -0.05) is 20.3 Å². The number of carboxylic acid groups (broad SMARTS) is 1. The van der Waals surface area contributed by atoms with Crippen LogP contribution in [0.2, 0.25) is 0 Å². The topological polar surface area (TPSA) is 84.7 Å². The zero-order valence-electron chi connectivity index (χ0n) is 19.6. The van der Waals surface area contributed by atoms with Gasteiger partial charge in [0.1, 0.15) is 5.75 Å². The Morgan fingerprint density at radius 3 is 2.69 bits per heavy atom. The summed E-state index contributed by atoms with van der Waals surface area (Å²) in [5, 5.41) is 12.1. The number of fused-ring (bicyclic) bond motifs is 3. The molecule has 1 atom stereocenters. The summed E-state index contributed by atoms with van der Waals surface area (Å²) in [5.41, 5.74) is 0.230. The van der Waals surface area contributed by atoms with Gasteiger partial charge in [0, 0.05) is 43.0 Å². The normalized spacial score (nSPS) is 12.8. The number of unbranched alkanes of at least 4 members (excludes halogenated alkanes) is 1. The van der Waals surface area contributed by atoms with Crippen LogP contribution < -0.4 is 10.3 Å². The molecule has 3 rings (SSSR count). The molecule has 0 fully saturated rings. The van der Waals surface area contributed by atoms with E-state index in [1.165, 1.54) is 0 Å². The Labute approximate surface area is 188 Å². The first-order chi connectivity index (χ1) is 15.2. The first kappa shape index (κ1) is 23.6. The number of hydrogen-bond donors (Lipinski definition) is 1. The van der Waals surface area contributed by atoms with Gasteiger partial charge in [0.05, 0.1) is 17.5 Å². The van der Waals surface area contributed by atoms with Crippen molar-refractivity contribution in [2.75, 3.05) is 13.2 Å². The fraction of sp³-hybridized carbons (Fsp3) is 0.480. The summed E-state index contributed by atoms with van der Waals surface area (Å²) in [4.78, 5) is 30.1. The van der Waals surface area contributed by atoms with Crippen LogP contribution in [-0.4, -0.2) is 44.3 Å². The minimum Gasteiger partial charge on any atom is -0.493 e. The maximum Gasteiger partial charge on any atom is 0.407 e. The number of amides is 1. The number of benzene rings is 1. The summed E-state index contributed by atoms with van der Waals surface area (Å²) >= 11 is 0. The van der Waals surface area contributed by atoms with Crippen LogP contribution in [0.25, 0.3) is 21.7 Å². The molecule has 1 aromatic carbocycles. The summed E-state index contributed by atoms with van der Waals surface area (Å²) in [7, 11) is 1.75. The highest BCUT2D eigenvalue weighted by Gasteiger charge is 2.32. The Hall–Kier alpha value is -3.09. The van der Waals surface area contributed by atoms with Crippen molar-refractivity contribution >= 4 is 27.8 Å². The van der Waals surface area contributed by atoms with Gasteiger partial charge < -0.3 is 19.3 Å². The van der Waals surface area contributed by atoms with Crippen molar-refractivity contribution in [3.8, 4) is 5.75 Å². The lowest BCUT2D eigenvalue weighted by atomic mass is 9.90. The van der Waals surface area contributed by atoms with Crippen molar-refractivity contribution in [1.29, 1.82) is 0 Å². The molecule has 0 aliphatic rings. The maximum absolute atomic E-state index is 12.7. The molecule has 0 aliphatic carbocycles. The highest BCUT2D eigenvalue weighted by atomic mass is 16.5. The minimum absolute atomic E-state index is 0.0892. The lowest BCUT2D eigenvalue weighted by Crippen LogP contribution is -2.48. The van der Waals surface area contributed by atoms with E-state index >= 15 is 0 Å². The molecule has 0 radical (unpaired) electrons. The lowest BCUT2D eigenvalue weighted by Gasteiger charge is -2.38. The molecule has 1 amide bonds. The SMILES string of the molecule is CCCCN(C(=O)O)C(C)(C)CC(C)COc1ccc2c3ccncc3c(=O)n(C)c2c1. The molecule has 172 valence electrons. The van der Waals surface area contributed by atoms with E-state index in [0.717, 1.165) is 29.1 Å². The smallest absolute Gasteiger partial charge is 0.407 e. The fourth-order valence-corrected chi connectivity index (χ4v) is 4.43. The van der Waals surface area contributed by atoms with Gasteiger partial charge in [-0.3, -0.25) is 9.78 Å². The van der Waals surface area contributed by atoms with Gasteiger partial charge in [0.25, 0.3) is 5.56 Å². The van der Waals surface area contributed by atoms with Crippen molar-refractivity contribution in [1.82, 2.24) is 14.5 Å². The van der Waals surface area contributed by atoms with Gasteiger partial charge in [-0.25, -0.2) is 4.79 Å². The number of hydrogen-bond acceptors (Lipinski definition) is 4. The molecule has 0 saturated carbocycles. The van der Waals surface area contributed by atoms with E-state index in [1.807, 2.05) is 38.1 Å². The number of pyridine rings is 2. The highest BCUT2D eigenvalue weighted by Crippen LogP contribution is 2.28. The molecular weight excluding hydrogens is 406 g/mol. The predicted octanol–water partition coefficient (Wildman–Crippen LogP) is 5.05. The molecule has 32 heavy (non-hydrogen) atoms. The number of aromatic nitrogens is 2. The van der Waals surface area contributed by atoms with Gasteiger partial charge >= 0.3 is 6.09 Å². The molecule has 1 unspecified atom stereocenters. The largest absolute Gasteiger partial charge is 0.493 e. The van der Waals surface area contributed by atoms with Crippen LogP contribution in [0.15, 0.2) is 41.5 Å². The average molecular weight is 440 g/mol. The van der Waals surface area contributed by atoms with E-state index in [4.69, 9.17) is 4.74 Å². The van der Waals surface area contributed by atoms with Crippen LogP contribution in [0.3, 0.4) is 0 Å². The Morgan fingerprint density at radius 1 is 1.25 bits per heavy atom. The molecule has 2 heterocycles. The van der Waals surface area contributed by atoms with Crippen LogP contribution in [0.1, 0.15) is 47.0 Å². The Kier molecular flexibility index (Phi) is 7.06. The standard InChI is InChI=1S/C25H33N3O4/c1-6-7-12-28(24(30)31)25(3,4)14-17(2)16-32-18-8-9-20-19-10-11-26-15-21(19)23(29)27(5)22(20)13-18/h8-11,13,15,17H,6-7,12,14,16H2,1-5H3,(H,30,31). The van der Waals surface area contributed by atoms with Crippen LogP contribution >= 0.6 is 0 Å². The van der Waals surface area contributed by atoms with Gasteiger partial charge in [-0.05, 0) is 56.2 Å². The molecule has 3 aromatic rings. The summed E-state index contributed by atoms with van der Waals surface area (Å²) in [6.45, 7) is 9.07. The van der Waals surface area contributed by atoms with E-state index in [9.17, 15) is 14.7 Å². The van der Waals surface area contributed by atoms with Gasteiger partial charge in [0.2, 0.25) is 0 Å². The molecular formula is C25H33N3O4. The van der Waals surface area contributed by atoms with Crippen molar-refractivity contribution in [2.24, 2.45) is 13.0 Å². The third kappa shape index (κ3) is 4.87. The average Bonchev–Trinajstić information content (AvgIpc) is 2.75. The Bertz CT molecular complexity index is 1170. The Balaban J connectivity index is 1.76. The van der Waals surface area contributed by atoms with Crippen LogP contribution in [0.5, 0.6) is 5.75 Å². The Morgan fingerprint density at radius 2 is 2.00 bits per heavy atom. The van der Waals surface area contributed by atoms with Crippen LogP contribution in [0, 0.1) is 5.92 Å². The number of carbonyl (C=O) groups is 1. The van der Waals surface area contributed by atoms with Crippen molar-refractivity contribution < 1.29 is 14.6 Å². The minimum atomic E-state index is -0.880. The van der Waals surface area contributed by atoms with Gasteiger partial charge in [-0.2, -0.15) is 0 Å². The van der Waals surface area contributed by atoms with E-state index in [0.29, 0.717) is 30.7 Å². The third-order valence-electron chi connectivity index (χ3n) is 6.06. The highest BCUT2D eigenvalue weighted by molar-refractivity contribution is 6.05. The quantitative estimate of drug-likeness (QED) is 0.472. The first-order valence-electron chi connectivity index (χ1n) is 11.2. The van der Waals surface area contributed by atoms with Gasteiger partial charge in [-0.15, -0.1) is 0 Å². The second kappa shape index (κ2) is 9.59. The molecule has 2 aromatic heterocycles. The monoisotopic (exact) mass is 439 g/mol. The summed E-state index contributed by atoms with van der Waals surface area (Å²) in [6, 6.07) is 7.63. The molecule has 0 bridgehead atoms. The number of nitrogens with zero attached hydrogens (tertiary/aromatic N) is 3. The first-order valence-corrected chi connectivity index (χ1v) is 11.2. The van der Waals surface area contributed by atoms with Crippen molar-refractivity contribution in [3.63, 3.8) is 0 Å². The summed E-state index contributed by atoms with van der Waals surface area (Å²) in [5.74, 6) is 0.835. The molecule has 0 spiro atoms. The molecule has 7 nitrogen and oxygen atoms in total. The van der Waals surface area contributed by atoms with Gasteiger partial charge in [0.15, 0.2) is 0 Å².